The summed E-state index contributed by atoms with van der Waals surface area (Å²) in [6.07, 6.45) is 2.09. The van der Waals surface area contributed by atoms with Crippen LogP contribution in [0.5, 0.6) is 0 Å². The molecule has 4 heteroatoms. The minimum Gasteiger partial charge on any atom is -0.409 e. The summed E-state index contributed by atoms with van der Waals surface area (Å²) in [6.45, 7) is 11.7. The molecule has 0 saturated heterocycles. The lowest BCUT2D eigenvalue weighted by Crippen LogP contribution is -2.38. The van der Waals surface area contributed by atoms with E-state index in [0.717, 1.165) is 13.0 Å². The molecule has 0 amide bonds. The molecule has 0 aliphatic heterocycles. The fraction of sp³-hybridized carbons (Fsp3) is 0.923. The number of amidine groups is 1. The van der Waals surface area contributed by atoms with Crippen LogP contribution < -0.4 is 5.73 Å². The van der Waals surface area contributed by atoms with Crippen LogP contribution in [-0.2, 0) is 0 Å². The minimum absolute atomic E-state index is 0.249. The molecule has 0 saturated carbocycles. The summed E-state index contributed by atoms with van der Waals surface area (Å²) in [5.74, 6) is 1.02. The Kier molecular flexibility index (Phi) is 6.53. The fourth-order valence-electron chi connectivity index (χ4n) is 1.80. The van der Waals surface area contributed by atoms with Gasteiger partial charge in [-0.15, -0.1) is 0 Å². The average Bonchev–Trinajstić information content (AvgIpc) is 2.23. The van der Waals surface area contributed by atoms with E-state index < -0.39 is 0 Å². The van der Waals surface area contributed by atoms with E-state index in [2.05, 4.69) is 37.9 Å². The Morgan fingerprint density at radius 1 is 1.35 bits per heavy atom. The van der Waals surface area contributed by atoms with Crippen molar-refractivity contribution in [2.24, 2.45) is 22.2 Å². The second kappa shape index (κ2) is 6.84. The largest absolute Gasteiger partial charge is 0.409 e. The van der Waals surface area contributed by atoms with Gasteiger partial charge >= 0.3 is 0 Å². The standard InChI is InChI=1S/C13H29N3O/c1-10(2)9-11(3)16(6)8-7-13(4,5)12(14)15-17/h10-11,17H,7-9H2,1-6H3,(H2,14,15). The van der Waals surface area contributed by atoms with E-state index in [-0.39, 0.29) is 5.41 Å². The van der Waals surface area contributed by atoms with Gasteiger partial charge < -0.3 is 15.8 Å². The van der Waals surface area contributed by atoms with Gasteiger partial charge in [-0.05, 0) is 39.3 Å². The zero-order valence-corrected chi connectivity index (χ0v) is 12.2. The predicted molar refractivity (Wildman–Crippen MR) is 73.4 cm³/mol. The van der Waals surface area contributed by atoms with Crippen molar-refractivity contribution in [3.63, 3.8) is 0 Å². The SMILES string of the molecule is CC(C)CC(C)N(C)CCC(C)(C)C(N)=NO. The van der Waals surface area contributed by atoms with E-state index >= 15 is 0 Å². The number of nitrogens with zero attached hydrogens (tertiary/aromatic N) is 2. The molecular weight excluding hydrogens is 214 g/mol. The second-order valence-corrected chi connectivity index (χ2v) is 6.08. The molecule has 0 aliphatic carbocycles. The average molecular weight is 243 g/mol. The van der Waals surface area contributed by atoms with Crippen molar-refractivity contribution in [3.8, 4) is 0 Å². The van der Waals surface area contributed by atoms with E-state index in [4.69, 9.17) is 10.9 Å². The summed E-state index contributed by atoms with van der Waals surface area (Å²) in [5, 5.41) is 11.8. The third-order valence-corrected chi connectivity index (χ3v) is 3.46. The van der Waals surface area contributed by atoms with Gasteiger partial charge in [0.15, 0.2) is 0 Å². The second-order valence-electron chi connectivity index (χ2n) is 6.08. The van der Waals surface area contributed by atoms with Crippen LogP contribution in [0.2, 0.25) is 0 Å². The van der Waals surface area contributed by atoms with Gasteiger partial charge in [0.05, 0.1) is 0 Å². The Balaban J connectivity index is 4.19. The Bertz CT molecular complexity index is 249. The van der Waals surface area contributed by atoms with Crippen molar-refractivity contribution in [1.29, 1.82) is 0 Å². The first-order valence-electron chi connectivity index (χ1n) is 6.39. The smallest absolute Gasteiger partial charge is 0.144 e. The predicted octanol–water partition coefficient (Wildman–Crippen LogP) is 2.52. The van der Waals surface area contributed by atoms with E-state index in [1.165, 1.54) is 6.42 Å². The highest BCUT2D eigenvalue weighted by Gasteiger charge is 2.24. The molecule has 102 valence electrons. The van der Waals surface area contributed by atoms with E-state index in [0.29, 0.717) is 17.8 Å². The topological polar surface area (TPSA) is 61.8 Å². The summed E-state index contributed by atoms with van der Waals surface area (Å²) < 4.78 is 0. The molecule has 0 spiro atoms. The zero-order chi connectivity index (χ0) is 13.6. The van der Waals surface area contributed by atoms with Crippen molar-refractivity contribution >= 4 is 5.84 Å². The van der Waals surface area contributed by atoms with Crippen LogP contribution in [-0.4, -0.2) is 35.6 Å². The van der Waals surface area contributed by atoms with Crippen LogP contribution in [0.4, 0.5) is 0 Å². The van der Waals surface area contributed by atoms with Crippen molar-refractivity contribution in [2.45, 2.75) is 53.5 Å². The molecule has 0 bridgehead atoms. The molecule has 0 fully saturated rings. The summed E-state index contributed by atoms with van der Waals surface area (Å²) in [4.78, 5) is 2.34. The van der Waals surface area contributed by atoms with Gasteiger partial charge in [0.2, 0.25) is 0 Å². The zero-order valence-electron chi connectivity index (χ0n) is 12.2. The van der Waals surface area contributed by atoms with Gasteiger partial charge in [-0.3, -0.25) is 0 Å². The van der Waals surface area contributed by atoms with Gasteiger partial charge in [0, 0.05) is 11.5 Å². The maximum Gasteiger partial charge on any atom is 0.144 e. The molecule has 0 rings (SSSR count). The van der Waals surface area contributed by atoms with Crippen LogP contribution in [0.3, 0.4) is 0 Å². The van der Waals surface area contributed by atoms with Crippen LogP contribution >= 0.6 is 0 Å². The molecule has 0 radical (unpaired) electrons. The van der Waals surface area contributed by atoms with E-state index in [1.807, 2.05) is 13.8 Å². The lowest BCUT2D eigenvalue weighted by Gasteiger charge is -2.30. The number of rotatable bonds is 7. The van der Waals surface area contributed by atoms with Crippen molar-refractivity contribution in [1.82, 2.24) is 4.90 Å². The van der Waals surface area contributed by atoms with Crippen LogP contribution in [0.25, 0.3) is 0 Å². The molecule has 3 N–H and O–H groups in total. The fourth-order valence-corrected chi connectivity index (χ4v) is 1.80. The quantitative estimate of drug-likeness (QED) is 0.312. The molecule has 0 heterocycles. The third-order valence-electron chi connectivity index (χ3n) is 3.46. The molecule has 1 unspecified atom stereocenters. The summed E-state index contributed by atoms with van der Waals surface area (Å²) in [5.41, 5.74) is 5.43. The van der Waals surface area contributed by atoms with Crippen LogP contribution in [0.1, 0.15) is 47.5 Å². The monoisotopic (exact) mass is 243 g/mol. The maximum absolute atomic E-state index is 8.71. The summed E-state index contributed by atoms with van der Waals surface area (Å²) in [6, 6.07) is 0.568. The molecule has 0 aromatic carbocycles. The van der Waals surface area contributed by atoms with Crippen molar-refractivity contribution < 1.29 is 5.21 Å². The van der Waals surface area contributed by atoms with Crippen LogP contribution in [0, 0.1) is 11.3 Å². The number of oxime groups is 1. The normalized spacial score (nSPS) is 15.6. The van der Waals surface area contributed by atoms with E-state index in [1.54, 1.807) is 0 Å². The highest BCUT2D eigenvalue weighted by atomic mass is 16.4. The molecule has 1 atom stereocenters. The van der Waals surface area contributed by atoms with Crippen molar-refractivity contribution in [2.75, 3.05) is 13.6 Å². The molecule has 0 aromatic heterocycles. The number of nitrogens with two attached hydrogens (primary N) is 1. The summed E-state index contributed by atoms with van der Waals surface area (Å²) in [7, 11) is 2.13. The minimum atomic E-state index is -0.249. The number of hydrogen-bond acceptors (Lipinski definition) is 3. The maximum atomic E-state index is 8.71. The highest BCUT2D eigenvalue weighted by Crippen LogP contribution is 2.21. The number of hydrogen-bond donors (Lipinski definition) is 2. The van der Waals surface area contributed by atoms with Gasteiger partial charge in [-0.1, -0.05) is 32.9 Å². The first-order valence-corrected chi connectivity index (χ1v) is 6.39. The molecule has 0 aromatic rings. The van der Waals surface area contributed by atoms with Gasteiger partial charge in [0.1, 0.15) is 5.84 Å². The first-order chi connectivity index (χ1) is 7.70. The highest BCUT2D eigenvalue weighted by molar-refractivity contribution is 5.85. The van der Waals surface area contributed by atoms with Gasteiger partial charge in [0.25, 0.3) is 0 Å². The Labute approximate surface area is 106 Å². The summed E-state index contributed by atoms with van der Waals surface area (Å²) >= 11 is 0. The lowest BCUT2D eigenvalue weighted by atomic mass is 9.87. The van der Waals surface area contributed by atoms with E-state index in [9.17, 15) is 0 Å². The lowest BCUT2D eigenvalue weighted by molar-refractivity contribution is 0.207. The third kappa shape index (κ3) is 5.91. The molecular formula is C13H29N3O. The van der Waals surface area contributed by atoms with Crippen molar-refractivity contribution in [3.05, 3.63) is 0 Å². The molecule has 4 nitrogen and oxygen atoms in total. The van der Waals surface area contributed by atoms with Gasteiger partial charge in [-0.2, -0.15) is 0 Å². The first kappa shape index (κ1) is 16.2. The molecule has 17 heavy (non-hydrogen) atoms. The van der Waals surface area contributed by atoms with Gasteiger partial charge in [-0.25, -0.2) is 0 Å². The Hall–Kier alpha value is -0.770. The Morgan fingerprint density at radius 3 is 2.29 bits per heavy atom. The van der Waals surface area contributed by atoms with Crippen LogP contribution in [0.15, 0.2) is 5.16 Å². The Morgan fingerprint density at radius 2 is 1.88 bits per heavy atom. The molecule has 0 aliphatic rings.